The lowest BCUT2D eigenvalue weighted by molar-refractivity contribution is 0.437. The summed E-state index contributed by atoms with van der Waals surface area (Å²) in [4.78, 5) is 0. The van der Waals surface area contributed by atoms with Crippen LogP contribution in [0.5, 0.6) is 0 Å². The van der Waals surface area contributed by atoms with Crippen molar-refractivity contribution in [3.8, 4) is 0 Å². The fourth-order valence-corrected chi connectivity index (χ4v) is 17.6. The fourth-order valence-electron chi connectivity index (χ4n) is 11.3. The van der Waals surface area contributed by atoms with E-state index in [1.54, 1.807) is 11.3 Å². The maximum atomic E-state index is 2.83. The molecule has 1 heterocycles. The molecule has 0 N–H and O–H groups in total. The minimum atomic E-state index is -1.72. The van der Waals surface area contributed by atoms with Crippen molar-refractivity contribution in [2.45, 2.75) is 77.1 Å². The third kappa shape index (κ3) is 5.09. The molecule has 0 spiro atoms. The van der Waals surface area contributed by atoms with Crippen LogP contribution in [0.15, 0.2) is 115 Å². The Balaban J connectivity index is 0.00000104. The number of nitrogens with zero attached hydrogens (tertiary/aromatic N) is 1. The normalized spacial score (nSPS) is 31.3. The molecule has 242 valence electrons. The van der Waals surface area contributed by atoms with Gasteiger partial charge in [-0.05, 0) is 102 Å². The molecule has 2 heteroatoms. The molecule has 1 aromatic heterocycles. The Hall–Kier alpha value is -3.36. The van der Waals surface area contributed by atoms with Crippen molar-refractivity contribution >= 4 is 41.1 Å². The molecule has 3 aromatic carbocycles. The molecule has 47 heavy (non-hydrogen) atoms. The van der Waals surface area contributed by atoms with Crippen molar-refractivity contribution in [2.24, 2.45) is 41.4 Å². The predicted molar refractivity (Wildman–Crippen MR) is 206 cm³/mol. The molecule has 1 nitrogen and oxygen atoms in total. The molecule has 0 saturated heterocycles. The van der Waals surface area contributed by atoms with Crippen molar-refractivity contribution in [1.29, 1.82) is 0 Å². The molecule has 5 aliphatic rings. The quantitative estimate of drug-likeness (QED) is 0.192. The van der Waals surface area contributed by atoms with Crippen molar-refractivity contribution in [2.75, 3.05) is 0 Å². The van der Waals surface area contributed by atoms with Crippen molar-refractivity contribution in [1.82, 2.24) is 4.57 Å². The number of allylic oxidation sites excluding steroid dienone is 8. The Morgan fingerprint density at radius 2 is 1.26 bits per heavy atom. The molecule has 3 fully saturated rings. The zero-order chi connectivity index (χ0) is 32.3. The summed E-state index contributed by atoms with van der Waals surface area (Å²) >= 11 is 0. The van der Waals surface area contributed by atoms with E-state index in [0.717, 1.165) is 28.8 Å². The van der Waals surface area contributed by atoms with Gasteiger partial charge in [0.1, 0.15) is 0 Å². The highest BCUT2D eigenvalue weighted by molar-refractivity contribution is 6.80. The van der Waals surface area contributed by atoms with Crippen LogP contribution in [0.3, 0.4) is 0 Å². The summed E-state index contributed by atoms with van der Waals surface area (Å²) in [5.74, 6) is 5.21. The van der Waals surface area contributed by atoms with E-state index in [9.17, 15) is 0 Å². The second-order valence-electron chi connectivity index (χ2n) is 16.1. The number of para-hydroxylation sites is 2. The first kappa shape index (κ1) is 30.9. The third-order valence-electron chi connectivity index (χ3n) is 12.9. The topological polar surface area (TPSA) is 4.93 Å². The molecule has 9 rings (SSSR count). The van der Waals surface area contributed by atoms with Gasteiger partial charge >= 0.3 is 0 Å². The summed E-state index contributed by atoms with van der Waals surface area (Å²) in [7, 11) is -1.72. The van der Waals surface area contributed by atoms with Gasteiger partial charge in [-0.15, -0.1) is 0 Å². The number of rotatable bonds is 5. The average Bonchev–Trinajstić information content (AvgIpc) is 3.64. The smallest absolute Gasteiger partial charge is 0.0553 e. The predicted octanol–water partition coefficient (Wildman–Crippen LogP) is 12.7. The van der Waals surface area contributed by atoms with Crippen LogP contribution in [0.25, 0.3) is 33.1 Å². The van der Waals surface area contributed by atoms with Crippen LogP contribution in [0.1, 0.15) is 58.4 Å². The van der Waals surface area contributed by atoms with Gasteiger partial charge in [0.05, 0.1) is 19.1 Å². The molecule has 4 aromatic rings. The van der Waals surface area contributed by atoms with Crippen molar-refractivity contribution in [3.05, 3.63) is 121 Å². The molecular formula is C45H53NSi. The zero-order valence-electron chi connectivity index (χ0n) is 29.1. The highest BCUT2D eigenvalue weighted by Gasteiger charge is 2.60. The number of hydrogen-bond acceptors (Lipinski definition) is 0. The first-order valence-corrected chi connectivity index (χ1v) is 21.9. The lowest BCUT2D eigenvalue weighted by Gasteiger charge is -2.46. The van der Waals surface area contributed by atoms with Gasteiger partial charge in [-0.25, -0.2) is 0 Å². The summed E-state index contributed by atoms with van der Waals surface area (Å²) in [6, 6.07) is 29.5. The minimum absolute atomic E-state index is 0.607. The van der Waals surface area contributed by atoms with Crippen molar-refractivity contribution in [3.63, 3.8) is 0 Å². The standard InChI is InChI=1S/C42H45NSi.C3H8/c1-27-25-36-30(28-13-5-4-6-14-28)17-11-18-33(36)41(27)44(2,3)42-34-19-12-22-40(37(34)26-35(42)29-23-24-29)43-38-20-9-7-15-31(38)32-16-8-10-21-39(32)43;1-3-2/h4-22,27,29,33-37,41-42H,23-26H2,1-3H3;3H2,1-2H3. The first-order valence-electron chi connectivity index (χ1n) is 18.7. The van der Waals surface area contributed by atoms with Crippen LogP contribution in [0, 0.1) is 41.4 Å². The van der Waals surface area contributed by atoms with Crippen LogP contribution in [-0.4, -0.2) is 12.6 Å². The van der Waals surface area contributed by atoms with Crippen LogP contribution in [0.2, 0.25) is 24.2 Å². The summed E-state index contributed by atoms with van der Waals surface area (Å²) in [6.07, 6.45) is 22.0. The summed E-state index contributed by atoms with van der Waals surface area (Å²) < 4.78 is 2.65. The molecule has 0 amide bonds. The van der Waals surface area contributed by atoms with E-state index in [-0.39, 0.29) is 0 Å². The second kappa shape index (κ2) is 12.3. The van der Waals surface area contributed by atoms with Gasteiger partial charge in [0.15, 0.2) is 0 Å². The van der Waals surface area contributed by atoms with Crippen LogP contribution < -0.4 is 0 Å². The Bertz CT molecular complexity index is 1830. The fraction of sp³-hybridized carbons (Fsp3) is 0.422. The van der Waals surface area contributed by atoms with Gasteiger partial charge in [-0.1, -0.05) is 137 Å². The highest BCUT2D eigenvalue weighted by atomic mass is 28.3. The van der Waals surface area contributed by atoms with Gasteiger partial charge in [0.2, 0.25) is 0 Å². The van der Waals surface area contributed by atoms with Crippen LogP contribution >= 0.6 is 0 Å². The molecule has 8 unspecified atom stereocenters. The van der Waals surface area contributed by atoms with Crippen LogP contribution in [0.4, 0.5) is 0 Å². The number of benzene rings is 3. The Kier molecular flexibility index (Phi) is 8.07. The minimum Gasteiger partial charge on any atom is -0.313 e. The lowest BCUT2D eigenvalue weighted by Crippen LogP contribution is -2.46. The van der Waals surface area contributed by atoms with Gasteiger partial charge in [0, 0.05) is 22.4 Å². The van der Waals surface area contributed by atoms with Gasteiger partial charge in [0.25, 0.3) is 0 Å². The Morgan fingerprint density at radius 1 is 0.681 bits per heavy atom. The van der Waals surface area contributed by atoms with E-state index in [2.05, 4.69) is 154 Å². The van der Waals surface area contributed by atoms with Crippen molar-refractivity contribution < 1.29 is 0 Å². The van der Waals surface area contributed by atoms with Crippen LogP contribution in [-0.2, 0) is 0 Å². The lowest BCUT2D eigenvalue weighted by atomic mass is 9.81. The highest BCUT2D eigenvalue weighted by Crippen LogP contribution is 2.67. The molecule has 0 bridgehead atoms. The molecular weight excluding hydrogens is 583 g/mol. The van der Waals surface area contributed by atoms with Gasteiger partial charge < -0.3 is 4.57 Å². The molecule has 3 saturated carbocycles. The van der Waals surface area contributed by atoms with E-state index < -0.39 is 8.07 Å². The third-order valence-corrected chi connectivity index (χ3v) is 18.1. The number of fused-ring (bicyclic) bond motifs is 5. The molecule has 8 atom stereocenters. The van der Waals surface area contributed by atoms with Gasteiger partial charge in [-0.2, -0.15) is 0 Å². The maximum absolute atomic E-state index is 2.83. The maximum Gasteiger partial charge on any atom is 0.0553 e. The monoisotopic (exact) mass is 635 g/mol. The first-order chi connectivity index (χ1) is 22.9. The Labute approximate surface area is 284 Å². The van der Waals surface area contributed by atoms with E-state index in [4.69, 9.17) is 0 Å². The summed E-state index contributed by atoms with van der Waals surface area (Å²) in [6.45, 7) is 12.5. The molecule has 5 aliphatic carbocycles. The second-order valence-corrected chi connectivity index (χ2v) is 21.1. The van der Waals surface area contributed by atoms with E-state index >= 15 is 0 Å². The SMILES string of the molecule is CC1CC2C(c3ccccc3)=CC=CC2C1[Si](C)(C)C1C2C=CC=C(n3c4ccccc4c4ccccc43)C2CC1C1CC1.CCC. The van der Waals surface area contributed by atoms with Gasteiger partial charge in [-0.3, -0.25) is 0 Å². The largest absolute Gasteiger partial charge is 0.313 e. The molecule has 0 radical (unpaired) electrons. The van der Waals surface area contributed by atoms with E-state index in [1.807, 2.05) is 0 Å². The van der Waals surface area contributed by atoms with E-state index in [1.165, 1.54) is 59.5 Å². The number of aromatic nitrogens is 1. The zero-order valence-corrected chi connectivity index (χ0v) is 30.1. The Morgan fingerprint density at radius 3 is 1.89 bits per heavy atom. The summed E-state index contributed by atoms with van der Waals surface area (Å²) in [5, 5.41) is 2.77. The summed E-state index contributed by atoms with van der Waals surface area (Å²) in [5.41, 5.74) is 9.00. The number of hydrogen-bond donors (Lipinski definition) is 0. The average molecular weight is 636 g/mol. The molecule has 0 aliphatic heterocycles. The van der Waals surface area contributed by atoms with E-state index in [0.29, 0.717) is 23.7 Å².